The molecule has 1 aromatic carbocycles. The number of β-lactam (4-membered cyclic amide) rings is 1. The molecular weight excluding hydrogens is 358 g/mol. The zero-order valence-corrected chi connectivity index (χ0v) is 14.8. The minimum Gasteiger partial charge on any atom is -0.477 e. The van der Waals surface area contributed by atoms with Gasteiger partial charge in [-0.25, -0.2) is 4.79 Å². The number of aliphatic hydroxyl groups is 1. The van der Waals surface area contributed by atoms with Crippen LogP contribution < -0.4 is 11.1 Å². The van der Waals surface area contributed by atoms with Crippen LogP contribution >= 0.6 is 11.8 Å². The van der Waals surface area contributed by atoms with E-state index in [0.717, 1.165) is 4.90 Å². The lowest BCUT2D eigenvalue weighted by atomic mass is 10.00. The molecule has 0 spiro atoms. The fourth-order valence-electron chi connectivity index (χ4n) is 3.09. The largest absolute Gasteiger partial charge is 0.477 e. The van der Waals surface area contributed by atoms with Crippen molar-refractivity contribution in [2.24, 2.45) is 5.73 Å². The van der Waals surface area contributed by atoms with E-state index in [2.05, 4.69) is 5.32 Å². The number of fused-ring (bicyclic) bond motifs is 1. The van der Waals surface area contributed by atoms with Gasteiger partial charge < -0.3 is 21.3 Å². The molecule has 1 saturated heterocycles. The predicted octanol–water partition coefficient (Wildman–Crippen LogP) is -0.194. The zero-order valence-electron chi connectivity index (χ0n) is 14.0. The maximum absolute atomic E-state index is 12.4. The Morgan fingerprint density at radius 1 is 1.35 bits per heavy atom. The van der Waals surface area contributed by atoms with Crippen LogP contribution in [0.5, 0.6) is 0 Å². The number of aliphatic carboxylic acids is 1. The van der Waals surface area contributed by atoms with E-state index in [9.17, 15) is 24.6 Å². The minimum absolute atomic E-state index is 0.129. The van der Waals surface area contributed by atoms with Gasteiger partial charge in [0.05, 0.1) is 11.9 Å². The van der Waals surface area contributed by atoms with Crippen molar-refractivity contribution in [1.29, 1.82) is 0 Å². The van der Waals surface area contributed by atoms with Crippen molar-refractivity contribution in [3.8, 4) is 0 Å². The maximum Gasteiger partial charge on any atom is 0.352 e. The summed E-state index contributed by atoms with van der Waals surface area (Å²) in [5, 5.41) is 20.5. The number of aliphatic hydroxyl groups excluding tert-OH is 1. The van der Waals surface area contributed by atoms with Crippen molar-refractivity contribution in [3.63, 3.8) is 0 Å². The average Bonchev–Trinajstić information content (AvgIpc) is 2.65. The highest BCUT2D eigenvalue weighted by Gasteiger charge is 2.55. The molecule has 4 atom stereocenters. The lowest BCUT2D eigenvalue weighted by Crippen LogP contribution is -2.71. The Bertz CT molecular complexity index is 782. The van der Waals surface area contributed by atoms with Crippen LogP contribution in [0.1, 0.15) is 18.5 Å². The Balaban J connectivity index is 1.77. The van der Waals surface area contributed by atoms with Crippen molar-refractivity contribution in [1.82, 2.24) is 10.2 Å². The number of carboxylic acid groups (broad SMARTS) is 1. The van der Waals surface area contributed by atoms with Crippen LogP contribution in [0.3, 0.4) is 0 Å². The Labute approximate surface area is 154 Å². The highest BCUT2D eigenvalue weighted by atomic mass is 32.2. The third-order valence-electron chi connectivity index (χ3n) is 4.55. The smallest absolute Gasteiger partial charge is 0.352 e. The normalized spacial score (nSPS) is 26.0. The first kappa shape index (κ1) is 18.4. The van der Waals surface area contributed by atoms with E-state index in [0.29, 0.717) is 11.1 Å². The molecule has 0 aliphatic carbocycles. The second kappa shape index (κ2) is 7.10. The second-order valence-corrected chi connectivity index (χ2v) is 7.44. The SMILES string of the molecule is CC1=C(C(=O)O)N2C(=O)[C@@H](NC(=O)[C@H](N)c3ccccc3)[C@H]2SC1CO. The molecule has 0 radical (unpaired) electrons. The third-order valence-corrected chi connectivity index (χ3v) is 6.14. The number of benzene rings is 1. The second-order valence-electron chi connectivity index (χ2n) is 6.12. The van der Waals surface area contributed by atoms with Gasteiger partial charge in [-0.3, -0.25) is 14.5 Å². The van der Waals surface area contributed by atoms with Crippen molar-refractivity contribution >= 4 is 29.5 Å². The molecule has 9 heteroatoms. The topological polar surface area (TPSA) is 133 Å². The molecule has 2 amide bonds. The number of thioether (sulfide) groups is 1. The molecule has 5 N–H and O–H groups in total. The summed E-state index contributed by atoms with van der Waals surface area (Å²) in [6.45, 7) is 1.33. The van der Waals surface area contributed by atoms with Gasteiger partial charge in [-0.1, -0.05) is 30.3 Å². The summed E-state index contributed by atoms with van der Waals surface area (Å²) >= 11 is 1.25. The van der Waals surface area contributed by atoms with Gasteiger partial charge in [0, 0.05) is 0 Å². The number of carbonyl (C=O) groups is 3. The van der Waals surface area contributed by atoms with E-state index in [1.165, 1.54) is 11.8 Å². The Morgan fingerprint density at radius 3 is 2.58 bits per heavy atom. The highest BCUT2D eigenvalue weighted by molar-refractivity contribution is 8.01. The van der Waals surface area contributed by atoms with Crippen molar-refractivity contribution in [3.05, 3.63) is 47.2 Å². The number of rotatable bonds is 5. The number of nitrogens with two attached hydrogens (primary N) is 1. The molecule has 0 saturated carbocycles. The number of hydrogen-bond donors (Lipinski definition) is 4. The summed E-state index contributed by atoms with van der Waals surface area (Å²) in [6, 6.07) is 6.94. The molecule has 3 rings (SSSR count). The summed E-state index contributed by atoms with van der Waals surface area (Å²) in [5.41, 5.74) is 6.86. The van der Waals surface area contributed by atoms with Crippen molar-refractivity contribution in [2.45, 2.75) is 29.6 Å². The summed E-state index contributed by atoms with van der Waals surface area (Å²) in [5.74, 6) is -2.24. The van der Waals surface area contributed by atoms with Crippen LogP contribution in [0.25, 0.3) is 0 Å². The van der Waals surface area contributed by atoms with Crippen LogP contribution in [-0.2, 0) is 14.4 Å². The Kier molecular flexibility index (Phi) is 5.03. The molecule has 0 aromatic heterocycles. The van der Waals surface area contributed by atoms with Gasteiger partial charge >= 0.3 is 5.97 Å². The lowest BCUT2D eigenvalue weighted by molar-refractivity contribution is -0.151. The molecule has 8 nitrogen and oxygen atoms in total. The van der Waals surface area contributed by atoms with Gasteiger partial charge in [0.25, 0.3) is 5.91 Å². The van der Waals surface area contributed by atoms with E-state index in [-0.39, 0.29) is 12.3 Å². The van der Waals surface area contributed by atoms with Gasteiger partial charge in [-0.05, 0) is 18.1 Å². The van der Waals surface area contributed by atoms with Crippen LogP contribution in [0.15, 0.2) is 41.6 Å². The van der Waals surface area contributed by atoms with Gasteiger partial charge in [0.2, 0.25) is 5.91 Å². The number of carbonyl (C=O) groups excluding carboxylic acids is 2. The fourth-order valence-corrected chi connectivity index (χ4v) is 4.50. The van der Waals surface area contributed by atoms with Crippen molar-refractivity contribution < 1.29 is 24.6 Å². The molecule has 1 fully saturated rings. The standard InChI is InChI=1S/C17H19N3O5S/c1-8-10(7-21)26-16-12(15(23)20(16)13(8)17(24)25)19-14(22)11(18)9-5-3-2-4-6-9/h2-6,10-12,16,21H,7,18H2,1H3,(H,19,22)(H,24,25)/t10?,11-,12-,16-/m1/s1. The first-order chi connectivity index (χ1) is 12.4. The van der Waals surface area contributed by atoms with Crippen LogP contribution in [0.2, 0.25) is 0 Å². The van der Waals surface area contributed by atoms with E-state index in [1.807, 2.05) is 0 Å². The third kappa shape index (κ3) is 2.98. The number of carboxylic acids is 1. The quantitative estimate of drug-likeness (QED) is 0.523. The molecule has 26 heavy (non-hydrogen) atoms. The molecule has 138 valence electrons. The summed E-state index contributed by atoms with van der Waals surface area (Å²) in [6.07, 6.45) is 0. The van der Waals surface area contributed by atoms with Crippen LogP contribution in [0.4, 0.5) is 0 Å². The predicted molar refractivity (Wildman–Crippen MR) is 94.7 cm³/mol. The zero-order chi connectivity index (χ0) is 19.0. The number of hydrogen-bond acceptors (Lipinski definition) is 6. The van der Waals surface area contributed by atoms with E-state index in [4.69, 9.17) is 5.73 Å². The van der Waals surface area contributed by atoms with Crippen LogP contribution in [0, 0.1) is 0 Å². The van der Waals surface area contributed by atoms with Gasteiger partial charge in [0.15, 0.2) is 0 Å². The highest BCUT2D eigenvalue weighted by Crippen LogP contribution is 2.44. The van der Waals surface area contributed by atoms with Crippen LogP contribution in [-0.4, -0.2) is 56.2 Å². The first-order valence-electron chi connectivity index (χ1n) is 8.01. The van der Waals surface area contributed by atoms with E-state index >= 15 is 0 Å². The van der Waals surface area contributed by atoms with E-state index in [1.54, 1.807) is 37.3 Å². The lowest BCUT2D eigenvalue weighted by Gasteiger charge is -2.51. The Hall–Kier alpha value is -2.36. The summed E-state index contributed by atoms with van der Waals surface area (Å²) < 4.78 is 0. The first-order valence-corrected chi connectivity index (χ1v) is 8.95. The number of nitrogens with zero attached hydrogens (tertiary/aromatic N) is 1. The van der Waals surface area contributed by atoms with Gasteiger partial charge in [-0.15, -0.1) is 11.8 Å². The molecule has 2 aliphatic heterocycles. The molecule has 2 heterocycles. The summed E-state index contributed by atoms with van der Waals surface area (Å²) in [7, 11) is 0. The summed E-state index contributed by atoms with van der Waals surface area (Å²) in [4.78, 5) is 37.5. The molecule has 1 unspecified atom stereocenters. The average molecular weight is 377 g/mol. The maximum atomic E-state index is 12.4. The molecular formula is C17H19N3O5S. The monoisotopic (exact) mass is 377 g/mol. The molecule has 0 bridgehead atoms. The van der Waals surface area contributed by atoms with Gasteiger partial charge in [0.1, 0.15) is 23.2 Å². The van der Waals surface area contributed by atoms with Gasteiger partial charge in [-0.2, -0.15) is 0 Å². The van der Waals surface area contributed by atoms with Crippen molar-refractivity contribution in [2.75, 3.05) is 6.61 Å². The number of amides is 2. The van der Waals surface area contributed by atoms with E-state index < -0.39 is 40.5 Å². The minimum atomic E-state index is -1.23. The Morgan fingerprint density at radius 2 is 2.00 bits per heavy atom. The molecule has 1 aromatic rings. The number of nitrogens with one attached hydrogen (secondary N) is 1. The fraction of sp³-hybridized carbons (Fsp3) is 0.353. The molecule has 2 aliphatic rings.